The number of amides is 3. The number of rotatable bonds is 9. The van der Waals surface area contributed by atoms with Crippen molar-refractivity contribution < 1.29 is 23.9 Å². The van der Waals surface area contributed by atoms with E-state index in [-0.39, 0.29) is 24.3 Å². The molecule has 0 spiro atoms. The van der Waals surface area contributed by atoms with E-state index < -0.39 is 17.7 Å². The summed E-state index contributed by atoms with van der Waals surface area (Å²) in [7, 11) is 1.63. The molecule has 8 nitrogen and oxygen atoms in total. The zero-order valence-electron chi connectivity index (χ0n) is 19.8. The Morgan fingerprint density at radius 2 is 1.79 bits per heavy atom. The highest BCUT2D eigenvalue weighted by Crippen LogP contribution is 2.21. The number of ether oxygens (including phenoxy) is 2. The lowest BCUT2D eigenvalue weighted by Gasteiger charge is -2.37. The zero-order valence-corrected chi connectivity index (χ0v) is 20.7. The van der Waals surface area contributed by atoms with Crippen molar-refractivity contribution in [1.29, 1.82) is 0 Å². The van der Waals surface area contributed by atoms with Gasteiger partial charge in [0.1, 0.15) is 17.4 Å². The molecule has 0 radical (unpaired) electrons. The minimum Gasteiger partial charge on any atom is -0.497 e. The molecule has 34 heavy (non-hydrogen) atoms. The molecule has 1 aliphatic rings. The van der Waals surface area contributed by atoms with Gasteiger partial charge in [-0.2, -0.15) is 11.8 Å². The van der Waals surface area contributed by atoms with E-state index in [9.17, 15) is 14.4 Å². The van der Waals surface area contributed by atoms with Crippen LogP contribution < -0.4 is 20.7 Å². The molecule has 0 unspecified atom stereocenters. The predicted molar refractivity (Wildman–Crippen MR) is 133 cm³/mol. The van der Waals surface area contributed by atoms with Crippen LogP contribution in [-0.2, 0) is 26.5 Å². The molecule has 182 valence electrons. The fourth-order valence-electron chi connectivity index (χ4n) is 3.38. The number of benzene rings is 2. The number of β-lactam (4-membered cyclic amide) rings is 1. The number of hydrogen-bond acceptors (Lipinski definition) is 6. The molecule has 1 saturated heterocycles. The topological polar surface area (TPSA) is 106 Å². The first-order valence-electron chi connectivity index (χ1n) is 11.0. The minimum absolute atomic E-state index is 0.0292. The molecule has 0 aliphatic carbocycles. The number of hydrogen-bond donors (Lipinski definition) is 3. The molecule has 3 amide bonds. The van der Waals surface area contributed by atoms with Gasteiger partial charge in [-0.25, -0.2) is 4.79 Å². The summed E-state index contributed by atoms with van der Waals surface area (Å²) in [4.78, 5) is 36.9. The van der Waals surface area contributed by atoms with Crippen LogP contribution in [0.5, 0.6) is 5.75 Å². The lowest BCUT2D eigenvalue weighted by molar-refractivity contribution is -0.135. The molecule has 0 saturated carbocycles. The first-order valence-corrected chi connectivity index (χ1v) is 12.2. The second kappa shape index (κ2) is 11.3. The molecule has 0 bridgehead atoms. The highest BCUT2D eigenvalue weighted by atomic mass is 32.2. The Morgan fingerprint density at radius 3 is 2.44 bits per heavy atom. The van der Waals surface area contributed by atoms with Crippen molar-refractivity contribution in [3.63, 3.8) is 0 Å². The van der Waals surface area contributed by atoms with Crippen molar-refractivity contribution in [1.82, 2.24) is 10.6 Å². The highest BCUT2D eigenvalue weighted by molar-refractivity contribution is 7.98. The van der Waals surface area contributed by atoms with Gasteiger partial charge < -0.3 is 20.1 Å². The molecule has 3 N–H and O–H groups in total. The molecule has 9 heteroatoms. The summed E-state index contributed by atoms with van der Waals surface area (Å²) in [5, 5.41) is 8.37. The van der Waals surface area contributed by atoms with Gasteiger partial charge in [0.25, 0.3) is 0 Å². The van der Waals surface area contributed by atoms with E-state index in [0.717, 1.165) is 17.1 Å². The van der Waals surface area contributed by atoms with Crippen molar-refractivity contribution in [3.8, 4) is 5.75 Å². The van der Waals surface area contributed by atoms with Gasteiger partial charge in [0.05, 0.1) is 19.6 Å². The molecular weight excluding hydrogens is 454 g/mol. The van der Waals surface area contributed by atoms with Crippen LogP contribution in [0.2, 0.25) is 0 Å². The number of nitrogens with one attached hydrogen (secondary N) is 3. The molecular formula is C25H31N3O5S. The van der Waals surface area contributed by atoms with E-state index in [1.807, 2.05) is 24.3 Å². The Balaban J connectivity index is 1.50. The van der Waals surface area contributed by atoms with E-state index >= 15 is 0 Å². The molecule has 3 rings (SSSR count). The maximum absolute atomic E-state index is 12.7. The normalized spacial score (nSPS) is 17.2. The van der Waals surface area contributed by atoms with Crippen molar-refractivity contribution in [2.75, 3.05) is 18.2 Å². The largest absolute Gasteiger partial charge is 0.497 e. The first-order chi connectivity index (χ1) is 16.1. The Labute approximate surface area is 204 Å². The van der Waals surface area contributed by atoms with E-state index in [0.29, 0.717) is 17.0 Å². The van der Waals surface area contributed by atoms with Crippen LogP contribution >= 0.6 is 11.8 Å². The summed E-state index contributed by atoms with van der Waals surface area (Å²) >= 11 is 1.69. The van der Waals surface area contributed by atoms with E-state index in [1.54, 1.807) is 63.9 Å². The van der Waals surface area contributed by atoms with Crippen molar-refractivity contribution in [2.24, 2.45) is 0 Å². The Bertz CT molecular complexity index is 1020. The second-order valence-corrected chi connectivity index (χ2v) is 10.0. The molecule has 0 aromatic heterocycles. The average Bonchev–Trinajstić information content (AvgIpc) is 2.77. The maximum Gasteiger partial charge on any atom is 0.412 e. The molecule has 1 aliphatic heterocycles. The van der Waals surface area contributed by atoms with Gasteiger partial charge in [-0.3, -0.25) is 14.9 Å². The number of methoxy groups -OCH3 is 1. The van der Waals surface area contributed by atoms with Gasteiger partial charge in [0, 0.05) is 17.2 Å². The van der Waals surface area contributed by atoms with Gasteiger partial charge >= 0.3 is 6.09 Å². The van der Waals surface area contributed by atoms with Crippen LogP contribution in [0.1, 0.15) is 31.9 Å². The number of carbonyl (C=O) groups is 3. The molecule has 1 fully saturated rings. The van der Waals surface area contributed by atoms with Crippen LogP contribution in [0, 0.1) is 0 Å². The summed E-state index contributed by atoms with van der Waals surface area (Å²) in [6.45, 7) is 5.34. The summed E-state index contributed by atoms with van der Waals surface area (Å²) in [6.07, 6.45) is -0.561. The van der Waals surface area contributed by atoms with Gasteiger partial charge in [-0.1, -0.05) is 30.3 Å². The second-order valence-electron chi connectivity index (χ2n) is 8.98. The Morgan fingerprint density at radius 1 is 1.09 bits per heavy atom. The smallest absolute Gasteiger partial charge is 0.412 e. The molecule has 1 heterocycles. The molecule has 2 atom stereocenters. The number of anilines is 1. The predicted octanol–water partition coefficient (Wildman–Crippen LogP) is 3.50. The van der Waals surface area contributed by atoms with E-state index in [1.165, 1.54) is 0 Å². The quantitative estimate of drug-likeness (QED) is 0.470. The van der Waals surface area contributed by atoms with E-state index in [4.69, 9.17) is 9.47 Å². The maximum atomic E-state index is 12.7. The lowest BCUT2D eigenvalue weighted by Crippen LogP contribution is -2.70. The minimum atomic E-state index is -0.631. The Hall–Kier alpha value is -3.20. The summed E-state index contributed by atoms with van der Waals surface area (Å²) in [5.74, 6) is 1.80. The van der Waals surface area contributed by atoms with Crippen molar-refractivity contribution in [3.05, 3.63) is 59.7 Å². The number of para-hydroxylation sites is 1. The lowest BCUT2D eigenvalue weighted by atomic mass is 10.00. The van der Waals surface area contributed by atoms with Gasteiger partial charge in [-0.05, 0) is 50.1 Å². The third-order valence-corrected chi connectivity index (χ3v) is 6.19. The van der Waals surface area contributed by atoms with Crippen LogP contribution in [0.25, 0.3) is 0 Å². The zero-order chi connectivity index (χ0) is 24.7. The first kappa shape index (κ1) is 25.4. The Kier molecular flexibility index (Phi) is 8.44. The number of carbonyl (C=O) groups excluding carboxylic acids is 3. The SMILES string of the molecule is COc1ccc(CSC[C@H]2NC(=O)[C@H]2NC(=O)Cc2ccccc2NC(=O)OC(C)(C)C)cc1. The molecule has 2 aromatic carbocycles. The monoisotopic (exact) mass is 485 g/mol. The third kappa shape index (κ3) is 7.41. The average molecular weight is 486 g/mol. The number of thioether (sulfide) groups is 1. The van der Waals surface area contributed by atoms with Crippen LogP contribution in [0.15, 0.2) is 48.5 Å². The summed E-state index contributed by atoms with van der Waals surface area (Å²) in [5.41, 5.74) is 1.66. The van der Waals surface area contributed by atoms with Crippen molar-refractivity contribution >= 4 is 35.4 Å². The summed E-state index contributed by atoms with van der Waals surface area (Å²) < 4.78 is 10.5. The van der Waals surface area contributed by atoms with Gasteiger partial charge in [-0.15, -0.1) is 0 Å². The highest BCUT2D eigenvalue weighted by Gasteiger charge is 2.40. The third-order valence-electron chi connectivity index (χ3n) is 5.06. The molecule has 2 aromatic rings. The van der Waals surface area contributed by atoms with Gasteiger partial charge in [0.2, 0.25) is 11.8 Å². The summed E-state index contributed by atoms with van der Waals surface area (Å²) in [6, 6.07) is 14.2. The fraction of sp³-hybridized carbons (Fsp3) is 0.400. The van der Waals surface area contributed by atoms with Gasteiger partial charge in [0.15, 0.2) is 0 Å². The van der Waals surface area contributed by atoms with E-state index in [2.05, 4.69) is 16.0 Å². The fourth-order valence-corrected chi connectivity index (χ4v) is 4.46. The van der Waals surface area contributed by atoms with Crippen molar-refractivity contribution in [2.45, 2.75) is 50.6 Å². The van der Waals surface area contributed by atoms with Crippen LogP contribution in [-0.4, -0.2) is 48.5 Å². The van der Waals surface area contributed by atoms with Crippen LogP contribution in [0.3, 0.4) is 0 Å². The van der Waals surface area contributed by atoms with Crippen LogP contribution in [0.4, 0.5) is 10.5 Å². The standard InChI is InChI=1S/C25H31N3O5S/c1-25(2,3)33-24(31)27-19-8-6-5-7-17(19)13-21(29)28-22-20(26-23(22)30)15-34-14-16-9-11-18(32-4)12-10-16/h5-12,20,22H,13-15H2,1-4H3,(H,26,30)(H,27,31)(H,28,29)/t20-,22+/m1/s1.